The highest BCUT2D eigenvalue weighted by Gasteiger charge is 2.41. The van der Waals surface area contributed by atoms with Crippen molar-refractivity contribution in [2.45, 2.75) is 12.1 Å². The topological polar surface area (TPSA) is 81.7 Å². The Bertz CT molecular complexity index is 269. The minimum atomic E-state index is -0.753. The second-order valence-electron chi connectivity index (χ2n) is 3.50. The molecule has 6 heteroatoms. The molecule has 2 atom stereocenters. The molecular weight excluding hydrogens is 186 g/mol. The molecule has 2 aliphatic heterocycles. The van der Waals surface area contributed by atoms with Crippen LogP contribution in [0.4, 0.5) is 0 Å². The van der Waals surface area contributed by atoms with Crippen molar-refractivity contribution in [3.8, 4) is 0 Å². The van der Waals surface area contributed by atoms with Gasteiger partial charge in [-0.1, -0.05) is 0 Å². The summed E-state index contributed by atoms with van der Waals surface area (Å²) < 4.78 is 0. The number of aliphatic hydroxyl groups is 1. The minimum Gasteiger partial charge on any atom is -0.394 e. The van der Waals surface area contributed by atoms with E-state index in [-0.39, 0.29) is 18.4 Å². The minimum absolute atomic E-state index is 0.182. The lowest BCUT2D eigenvalue weighted by molar-refractivity contribution is -0.151. The number of hydrogen-bond acceptors (Lipinski definition) is 4. The van der Waals surface area contributed by atoms with Crippen molar-refractivity contribution in [2.75, 3.05) is 26.2 Å². The molecule has 2 aliphatic rings. The van der Waals surface area contributed by atoms with Crippen molar-refractivity contribution in [1.29, 1.82) is 0 Å². The Balaban J connectivity index is 2.17. The van der Waals surface area contributed by atoms with E-state index in [1.54, 1.807) is 0 Å². The second-order valence-corrected chi connectivity index (χ2v) is 3.50. The Labute approximate surface area is 81.3 Å². The zero-order valence-electron chi connectivity index (χ0n) is 7.69. The number of nitrogens with one attached hydrogen (secondary N) is 2. The third-order valence-corrected chi connectivity index (χ3v) is 2.63. The molecular formula is C8H13N3O3. The second kappa shape index (κ2) is 3.55. The lowest BCUT2D eigenvalue weighted by Gasteiger charge is -2.41. The monoisotopic (exact) mass is 199 g/mol. The average molecular weight is 199 g/mol. The highest BCUT2D eigenvalue weighted by atomic mass is 16.3. The van der Waals surface area contributed by atoms with E-state index in [4.69, 9.17) is 5.11 Å². The number of fused-ring (bicyclic) bond motifs is 1. The maximum absolute atomic E-state index is 11.7. The van der Waals surface area contributed by atoms with Crippen molar-refractivity contribution in [3.63, 3.8) is 0 Å². The smallest absolute Gasteiger partial charge is 0.248 e. The number of piperazine rings is 2. The highest BCUT2D eigenvalue weighted by molar-refractivity contribution is 5.97. The third kappa shape index (κ3) is 1.36. The van der Waals surface area contributed by atoms with Gasteiger partial charge in [-0.2, -0.15) is 0 Å². The predicted molar refractivity (Wildman–Crippen MR) is 47.4 cm³/mol. The third-order valence-electron chi connectivity index (χ3n) is 2.63. The van der Waals surface area contributed by atoms with Crippen molar-refractivity contribution in [3.05, 3.63) is 0 Å². The van der Waals surface area contributed by atoms with Crippen LogP contribution in [0.25, 0.3) is 0 Å². The van der Waals surface area contributed by atoms with Crippen molar-refractivity contribution in [1.82, 2.24) is 15.5 Å². The summed E-state index contributed by atoms with van der Waals surface area (Å²) in [5, 5.41) is 14.4. The number of amides is 2. The quantitative estimate of drug-likeness (QED) is 0.428. The van der Waals surface area contributed by atoms with Gasteiger partial charge in [-0.3, -0.25) is 9.59 Å². The number of rotatable bonds is 1. The first-order chi connectivity index (χ1) is 6.74. The van der Waals surface area contributed by atoms with Crippen LogP contribution in [0.3, 0.4) is 0 Å². The van der Waals surface area contributed by atoms with Crippen LogP contribution >= 0.6 is 0 Å². The van der Waals surface area contributed by atoms with E-state index in [9.17, 15) is 9.59 Å². The summed E-state index contributed by atoms with van der Waals surface area (Å²) >= 11 is 0. The Kier molecular flexibility index (Phi) is 2.39. The van der Waals surface area contributed by atoms with Gasteiger partial charge in [-0.25, -0.2) is 0 Å². The molecule has 2 fully saturated rings. The van der Waals surface area contributed by atoms with Crippen LogP contribution in [0.15, 0.2) is 0 Å². The Morgan fingerprint density at radius 1 is 1.50 bits per heavy atom. The van der Waals surface area contributed by atoms with E-state index >= 15 is 0 Å². The largest absolute Gasteiger partial charge is 0.394 e. The molecule has 0 aromatic rings. The lowest BCUT2D eigenvalue weighted by Crippen LogP contribution is -2.69. The van der Waals surface area contributed by atoms with Crippen molar-refractivity contribution in [2.24, 2.45) is 0 Å². The molecule has 0 bridgehead atoms. The van der Waals surface area contributed by atoms with Crippen LogP contribution in [-0.4, -0.2) is 60.1 Å². The summed E-state index contributed by atoms with van der Waals surface area (Å²) in [6, 6.07) is -1.16. The zero-order valence-corrected chi connectivity index (χ0v) is 7.69. The van der Waals surface area contributed by atoms with E-state index in [0.29, 0.717) is 19.6 Å². The molecule has 3 N–H and O–H groups in total. The SMILES string of the molecule is O=C1N[C@H](CO)C(=O)N2CCNC[C@@H]12. The molecule has 14 heavy (non-hydrogen) atoms. The summed E-state index contributed by atoms with van der Waals surface area (Å²) in [5.41, 5.74) is 0. The van der Waals surface area contributed by atoms with Crippen LogP contribution in [-0.2, 0) is 9.59 Å². The van der Waals surface area contributed by atoms with Gasteiger partial charge in [0.05, 0.1) is 6.61 Å². The molecule has 2 amide bonds. The van der Waals surface area contributed by atoms with Gasteiger partial charge in [0.25, 0.3) is 0 Å². The van der Waals surface area contributed by atoms with E-state index in [1.807, 2.05) is 0 Å². The van der Waals surface area contributed by atoms with Crippen LogP contribution < -0.4 is 10.6 Å². The molecule has 2 rings (SSSR count). The summed E-state index contributed by atoms with van der Waals surface area (Å²) in [5.74, 6) is -0.366. The Morgan fingerprint density at radius 3 is 3.00 bits per heavy atom. The maximum atomic E-state index is 11.7. The summed E-state index contributed by atoms with van der Waals surface area (Å²) in [4.78, 5) is 24.7. The fraction of sp³-hybridized carbons (Fsp3) is 0.750. The Morgan fingerprint density at radius 2 is 2.29 bits per heavy atom. The number of carbonyl (C=O) groups excluding carboxylic acids is 2. The van der Waals surface area contributed by atoms with Crippen LogP contribution in [0.1, 0.15) is 0 Å². The molecule has 0 unspecified atom stereocenters. The van der Waals surface area contributed by atoms with Gasteiger partial charge in [-0.15, -0.1) is 0 Å². The van der Waals surface area contributed by atoms with Crippen molar-refractivity contribution >= 4 is 11.8 Å². The number of nitrogens with zero attached hydrogens (tertiary/aromatic N) is 1. The number of hydrogen-bond donors (Lipinski definition) is 3. The summed E-state index contributed by atoms with van der Waals surface area (Å²) in [6.07, 6.45) is 0. The van der Waals surface area contributed by atoms with E-state index in [1.165, 1.54) is 4.90 Å². The first-order valence-corrected chi connectivity index (χ1v) is 4.66. The van der Waals surface area contributed by atoms with Crippen LogP contribution in [0.2, 0.25) is 0 Å². The molecule has 0 spiro atoms. The highest BCUT2D eigenvalue weighted by Crippen LogP contribution is 2.11. The van der Waals surface area contributed by atoms with Gasteiger partial charge in [0.1, 0.15) is 12.1 Å². The van der Waals surface area contributed by atoms with Gasteiger partial charge in [-0.05, 0) is 0 Å². The molecule has 6 nitrogen and oxygen atoms in total. The van der Waals surface area contributed by atoms with Crippen LogP contribution in [0.5, 0.6) is 0 Å². The van der Waals surface area contributed by atoms with E-state index in [2.05, 4.69) is 10.6 Å². The maximum Gasteiger partial charge on any atom is 0.248 e. The summed E-state index contributed by atoms with van der Waals surface area (Å²) in [6.45, 7) is 1.40. The average Bonchev–Trinajstić information content (AvgIpc) is 2.23. The molecule has 2 heterocycles. The molecule has 0 radical (unpaired) electrons. The first-order valence-electron chi connectivity index (χ1n) is 4.66. The van der Waals surface area contributed by atoms with Gasteiger partial charge in [0.15, 0.2) is 0 Å². The Hall–Kier alpha value is -1.14. The van der Waals surface area contributed by atoms with Gasteiger partial charge < -0.3 is 20.6 Å². The zero-order chi connectivity index (χ0) is 10.1. The molecule has 0 saturated carbocycles. The van der Waals surface area contributed by atoms with E-state index < -0.39 is 12.1 Å². The number of aliphatic hydroxyl groups excluding tert-OH is 1. The van der Waals surface area contributed by atoms with Gasteiger partial charge in [0, 0.05) is 19.6 Å². The first kappa shape index (κ1) is 9.42. The normalized spacial score (nSPS) is 32.5. The molecule has 2 saturated heterocycles. The fourth-order valence-electron chi connectivity index (χ4n) is 1.86. The molecule has 0 aliphatic carbocycles. The molecule has 0 aromatic heterocycles. The predicted octanol–water partition coefficient (Wildman–Crippen LogP) is -2.72. The molecule has 78 valence electrons. The lowest BCUT2D eigenvalue weighted by atomic mass is 10.1. The standard InChI is InChI=1S/C8H13N3O3/c12-4-5-8(14)11-2-1-9-3-6(11)7(13)10-5/h5-6,9,12H,1-4H2,(H,10,13)/t5-,6+/m1/s1. The molecule has 0 aromatic carbocycles. The fourth-order valence-corrected chi connectivity index (χ4v) is 1.86. The van der Waals surface area contributed by atoms with Crippen molar-refractivity contribution < 1.29 is 14.7 Å². The summed E-state index contributed by atoms with van der Waals surface area (Å²) in [7, 11) is 0. The van der Waals surface area contributed by atoms with Gasteiger partial charge >= 0.3 is 0 Å². The van der Waals surface area contributed by atoms with E-state index in [0.717, 1.165) is 0 Å². The number of carbonyl (C=O) groups is 2. The van der Waals surface area contributed by atoms with Crippen LogP contribution in [0, 0.1) is 0 Å². The van der Waals surface area contributed by atoms with Gasteiger partial charge in [0.2, 0.25) is 11.8 Å².